The van der Waals surface area contributed by atoms with E-state index in [1.165, 1.54) is 51.9 Å². The van der Waals surface area contributed by atoms with E-state index in [1.807, 2.05) is 12.5 Å². The van der Waals surface area contributed by atoms with Crippen LogP contribution in [0.15, 0.2) is 18.7 Å². The van der Waals surface area contributed by atoms with E-state index >= 15 is 0 Å². The lowest BCUT2D eigenvalue weighted by molar-refractivity contribution is 0.159. The molecule has 2 fully saturated rings. The molecular formula is C14H24N4. The summed E-state index contributed by atoms with van der Waals surface area (Å²) in [6.07, 6.45) is 11.4. The first-order valence-electron chi connectivity index (χ1n) is 7.33. The van der Waals surface area contributed by atoms with Gasteiger partial charge in [0.05, 0.1) is 6.33 Å². The monoisotopic (exact) mass is 248 g/mol. The molecule has 0 saturated carbocycles. The molecule has 4 heteroatoms. The number of aromatic nitrogens is 2. The summed E-state index contributed by atoms with van der Waals surface area (Å²) in [5, 5.41) is 3.66. The van der Waals surface area contributed by atoms with Gasteiger partial charge in [-0.05, 0) is 51.2 Å². The minimum absolute atomic E-state index is 0.820. The Labute approximate surface area is 109 Å². The second-order valence-corrected chi connectivity index (χ2v) is 5.68. The van der Waals surface area contributed by atoms with E-state index in [1.54, 1.807) is 0 Å². The quantitative estimate of drug-likeness (QED) is 0.873. The van der Waals surface area contributed by atoms with Crippen LogP contribution in [0.25, 0.3) is 0 Å². The van der Waals surface area contributed by atoms with E-state index in [-0.39, 0.29) is 0 Å². The molecule has 1 aromatic heterocycles. The van der Waals surface area contributed by atoms with Crippen LogP contribution >= 0.6 is 0 Å². The van der Waals surface area contributed by atoms with E-state index in [2.05, 4.69) is 26.0 Å². The van der Waals surface area contributed by atoms with E-state index in [0.717, 1.165) is 18.5 Å². The van der Waals surface area contributed by atoms with E-state index < -0.39 is 0 Å². The molecule has 1 aromatic rings. The van der Waals surface area contributed by atoms with Gasteiger partial charge in [-0.1, -0.05) is 0 Å². The third kappa shape index (κ3) is 2.93. The van der Waals surface area contributed by atoms with Crippen LogP contribution in [0.5, 0.6) is 0 Å². The molecule has 0 aromatic carbocycles. The summed E-state index contributed by atoms with van der Waals surface area (Å²) >= 11 is 0. The first-order valence-corrected chi connectivity index (χ1v) is 7.33. The van der Waals surface area contributed by atoms with E-state index in [4.69, 9.17) is 0 Å². The summed E-state index contributed by atoms with van der Waals surface area (Å²) in [7, 11) is 0. The molecule has 3 rings (SSSR count). The van der Waals surface area contributed by atoms with Gasteiger partial charge in [-0.25, -0.2) is 4.98 Å². The fraction of sp³-hybridized carbons (Fsp3) is 0.786. The molecular weight excluding hydrogens is 224 g/mol. The number of imidazole rings is 1. The zero-order valence-electron chi connectivity index (χ0n) is 11.1. The second kappa shape index (κ2) is 5.85. The number of likely N-dealkylation sites (tertiary alicyclic amines) is 1. The van der Waals surface area contributed by atoms with Crippen molar-refractivity contribution in [2.24, 2.45) is 5.92 Å². The van der Waals surface area contributed by atoms with Crippen molar-refractivity contribution >= 4 is 0 Å². The summed E-state index contributed by atoms with van der Waals surface area (Å²) in [5.74, 6) is 0.928. The van der Waals surface area contributed by atoms with Gasteiger partial charge in [-0.2, -0.15) is 0 Å². The lowest BCUT2D eigenvalue weighted by Gasteiger charge is -2.34. The van der Waals surface area contributed by atoms with Crippen molar-refractivity contribution < 1.29 is 0 Å². The normalized spacial score (nSPS) is 26.8. The van der Waals surface area contributed by atoms with E-state index in [9.17, 15) is 0 Å². The second-order valence-electron chi connectivity index (χ2n) is 5.68. The molecule has 2 aliphatic rings. The molecule has 2 aliphatic heterocycles. The first kappa shape index (κ1) is 12.2. The van der Waals surface area contributed by atoms with Crippen LogP contribution in [0.1, 0.15) is 25.7 Å². The van der Waals surface area contributed by atoms with Crippen LogP contribution in [0, 0.1) is 5.92 Å². The van der Waals surface area contributed by atoms with Gasteiger partial charge in [-0.15, -0.1) is 0 Å². The lowest BCUT2D eigenvalue weighted by atomic mass is 9.88. The molecule has 4 nitrogen and oxygen atoms in total. The summed E-state index contributed by atoms with van der Waals surface area (Å²) in [5.41, 5.74) is 0. The molecule has 0 radical (unpaired) electrons. The third-order valence-electron chi connectivity index (χ3n) is 4.53. The molecule has 0 amide bonds. The van der Waals surface area contributed by atoms with Gasteiger partial charge in [0.1, 0.15) is 0 Å². The van der Waals surface area contributed by atoms with Gasteiger partial charge < -0.3 is 14.8 Å². The molecule has 0 aliphatic carbocycles. The van der Waals surface area contributed by atoms with Crippen molar-refractivity contribution in [3.8, 4) is 0 Å². The fourth-order valence-corrected chi connectivity index (χ4v) is 3.37. The Balaban J connectivity index is 1.39. The fourth-order valence-electron chi connectivity index (χ4n) is 3.37. The number of nitrogens with one attached hydrogen (secondary N) is 1. The van der Waals surface area contributed by atoms with Crippen molar-refractivity contribution in [3.05, 3.63) is 18.7 Å². The van der Waals surface area contributed by atoms with Crippen LogP contribution in [-0.4, -0.2) is 46.7 Å². The Kier molecular flexibility index (Phi) is 3.96. The van der Waals surface area contributed by atoms with E-state index in [0.29, 0.717) is 0 Å². The number of rotatable bonds is 4. The molecule has 1 atom stereocenters. The zero-order chi connectivity index (χ0) is 12.2. The summed E-state index contributed by atoms with van der Waals surface area (Å²) in [6, 6.07) is 0.820. The average molecular weight is 248 g/mol. The van der Waals surface area contributed by atoms with Gasteiger partial charge in [-0.3, -0.25) is 0 Å². The maximum Gasteiger partial charge on any atom is 0.0946 e. The van der Waals surface area contributed by atoms with Crippen molar-refractivity contribution in [1.29, 1.82) is 0 Å². The minimum Gasteiger partial charge on any atom is -0.336 e. The SMILES string of the molecule is c1cn(CCN2CCC(C3CCCN3)CC2)cn1. The maximum absolute atomic E-state index is 4.09. The minimum atomic E-state index is 0.820. The molecule has 0 bridgehead atoms. The topological polar surface area (TPSA) is 33.1 Å². The summed E-state index contributed by atoms with van der Waals surface area (Å²) < 4.78 is 2.17. The molecule has 0 spiro atoms. The maximum atomic E-state index is 4.09. The number of piperidine rings is 1. The van der Waals surface area contributed by atoms with Crippen molar-refractivity contribution in [3.63, 3.8) is 0 Å². The third-order valence-corrected chi connectivity index (χ3v) is 4.53. The smallest absolute Gasteiger partial charge is 0.0946 e. The van der Waals surface area contributed by atoms with Gasteiger partial charge in [0, 0.05) is 31.5 Å². The van der Waals surface area contributed by atoms with Crippen molar-refractivity contribution in [1.82, 2.24) is 19.8 Å². The average Bonchev–Trinajstić information content (AvgIpc) is 3.10. The number of hydrogen-bond acceptors (Lipinski definition) is 3. The Morgan fingerprint density at radius 3 is 2.72 bits per heavy atom. The first-order chi connectivity index (χ1) is 8.92. The largest absolute Gasteiger partial charge is 0.336 e. The van der Waals surface area contributed by atoms with Gasteiger partial charge in [0.2, 0.25) is 0 Å². The van der Waals surface area contributed by atoms with Gasteiger partial charge in [0.15, 0.2) is 0 Å². The standard InChI is InChI=1S/C14H24N4/c1-2-14(16-5-1)13-3-7-17(8-4-13)10-11-18-9-6-15-12-18/h6,9,12-14,16H,1-5,7-8,10-11H2. The molecule has 1 unspecified atom stereocenters. The highest BCUT2D eigenvalue weighted by atomic mass is 15.2. The van der Waals surface area contributed by atoms with Crippen LogP contribution in [0.3, 0.4) is 0 Å². The molecule has 18 heavy (non-hydrogen) atoms. The highest BCUT2D eigenvalue weighted by Gasteiger charge is 2.27. The van der Waals surface area contributed by atoms with Crippen LogP contribution in [-0.2, 0) is 6.54 Å². The van der Waals surface area contributed by atoms with Crippen LogP contribution in [0.4, 0.5) is 0 Å². The Hall–Kier alpha value is -0.870. The van der Waals surface area contributed by atoms with Crippen molar-refractivity contribution in [2.45, 2.75) is 38.3 Å². The Bertz CT molecular complexity index is 335. The molecule has 3 heterocycles. The predicted octanol–water partition coefficient (Wildman–Crippen LogP) is 1.35. The van der Waals surface area contributed by atoms with Crippen LogP contribution in [0.2, 0.25) is 0 Å². The number of hydrogen-bond donors (Lipinski definition) is 1. The Morgan fingerprint density at radius 2 is 2.06 bits per heavy atom. The highest BCUT2D eigenvalue weighted by Crippen LogP contribution is 2.25. The summed E-state index contributed by atoms with van der Waals surface area (Å²) in [4.78, 5) is 6.69. The highest BCUT2D eigenvalue weighted by molar-refractivity contribution is 4.85. The van der Waals surface area contributed by atoms with Gasteiger partial charge in [0.25, 0.3) is 0 Å². The molecule has 1 N–H and O–H groups in total. The Morgan fingerprint density at radius 1 is 1.17 bits per heavy atom. The summed E-state index contributed by atoms with van der Waals surface area (Å²) in [6.45, 7) is 6.04. The zero-order valence-corrected chi connectivity index (χ0v) is 11.1. The predicted molar refractivity (Wildman–Crippen MR) is 72.4 cm³/mol. The lowest BCUT2D eigenvalue weighted by Crippen LogP contribution is -2.41. The van der Waals surface area contributed by atoms with Crippen molar-refractivity contribution in [2.75, 3.05) is 26.2 Å². The molecule has 100 valence electrons. The number of nitrogens with zero attached hydrogens (tertiary/aromatic N) is 3. The molecule has 2 saturated heterocycles. The van der Waals surface area contributed by atoms with Crippen LogP contribution < -0.4 is 5.32 Å². The van der Waals surface area contributed by atoms with Gasteiger partial charge >= 0.3 is 0 Å².